The molecule has 8 heavy (non-hydrogen) atoms. The van der Waals surface area contributed by atoms with Gasteiger partial charge in [-0.3, -0.25) is 4.94 Å². The predicted molar refractivity (Wildman–Crippen MR) is 22.1 cm³/mol. The zero-order valence-electron chi connectivity index (χ0n) is 5.03. The standard InChI is InChI=1S/C2HBrF2O2.K.H/c3-1(4)2(6)7-5;;/h1H;;/q;+1;-1. The second-order valence-corrected chi connectivity index (χ2v) is 1.50. The molecule has 0 saturated carbocycles. The molecule has 0 aromatic rings. The van der Waals surface area contributed by atoms with Crippen molar-refractivity contribution in [3.8, 4) is 0 Å². The van der Waals surface area contributed by atoms with E-state index >= 15 is 0 Å². The van der Waals surface area contributed by atoms with Gasteiger partial charge < -0.3 is 1.43 Å². The summed E-state index contributed by atoms with van der Waals surface area (Å²) in [4.78, 5) is 11.9. The quantitative estimate of drug-likeness (QED) is 0.382. The molecule has 0 bridgehead atoms. The number of halogens is 3. The van der Waals surface area contributed by atoms with Crippen molar-refractivity contribution in [2.24, 2.45) is 0 Å². The summed E-state index contributed by atoms with van der Waals surface area (Å²) in [7, 11) is 0. The van der Waals surface area contributed by atoms with Crippen LogP contribution in [0.2, 0.25) is 0 Å². The van der Waals surface area contributed by atoms with Crippen LogP contribution in [0.15, 0.2) is 0 Å². The average Bonchev–Trinajstić information content (AvgIpc) is 1.65. The number of hydrogen-bond donors (Lipinski definition) is 0. The van der Waals surface area contributed by atoms with Gasteiger partial charge in [0.25, 0.3) is 5.08 Å². The maximum absolute atomic E-state index is 11.3. The molecular weight excluding hydrogens is 213 g/mol. The van der Waals surface area contributed by atoms with Crippen molar-refractivity contribution >= 4 is 21.9 Å². The van der Waals surface area contributed by atoms with Crippen molar-refractivity contribution in [2.45, 2.75) is 5.08 Å². The van der Waals surface area contributed by atoms with Gasteiger partial charge in [-0.2, -0.15) is 0 Å². The molecule has 0 aliphatic rings. The molecule has 0 amide bonds. The van der Waals surface area contributed by atoms with E-state index in [1.807, 2.05) is 0 Å². The normalized spacial score (nSPS) is 11.4. The fraction of sp³-hybridized carbons (Fsp3) is 0.500. The Morgan fingerprint density at radius 3 is 2.25 bits per heavy atom. The number of carbonyl (C=O) groups excluding carboxylic acids is 1. The molecule has 0 aromatic heterocycles. The molecule has 0 aliphatic carbocycles. The first-order chi connectivity index (χ1) is 3.18. The second kappa shape index (κ2) is 6.56. The van der Waals surface area contributed by atoms with Crippen molar-refractivity contribution in [3.05, 3.63) is 0 Å². The molecule has 0 spiro atoms. The van der Waals surface area contributed by atoms with E-state index in [1.54, 1.807) is 0 Å². The van der Waals surface area contributed by atoms with Gasteiger partial charge in [0.05, 0.1) is 0 Å². The molecule has 0 fully saturated rings. The van der Waals surface area contributed by atoms with Crippen LogP contribution in [0.3, 0.4) is 0 Å². The fourth-order valence-corrected chi connectivity index (χ4v) is 0.104. The maximum atomic E-state index is 11.3. The molecule has 0 N–H and O–H groups in total. The molecule has 0 rings (SSSR count). The second-order valence-electron chi connectivity index (χ2n) is 0.697. The summed E-state index contributed by atoms with van der Waals surface area (Å²) in [5.74, 6) is -1.57. The van der Waals surface area contributed by atoms with Gasteiger partial charge in [-0.25, -0.2) is 9.18 Å². The van der Waals surface area contributed by atoms with Crippen LogP contribution in [0.5, 0.6) is 0 Å². The predicted octanol–water partition coefficient (Wildman–Crippen LogP) is -1.78. The van der Waals surface area contributed by atoms with E-state index in [0.29, 0.717) is 0 Å². The van der Waals surface area contributed by atoms with Crippen LogP contribution in [-0.2, 0) is 9.74 Å². The number of alkyl halides is 2. The molecule has 1 unspecified atom stereocenters. The van der Waals surface area contributed by atoms with Gasteiger partial charge in [0, 0.05) is 4.53 Å². The van der Waals surface area contributed by atoms with Crippen LogP contribution in [-0.4, -0.2) is 11.1 Å². The summed E-state index contributed by atoms with van der Waals surface area (Å²) >= 11 is 2.12. The van der Waals surface area contributed by atoms with Gasteiger partial charge in [0.15, 0.2) is 0 Å². The minimum absolute atomic E-state index is 0. The van der Waals surface area contributed by atoms with E-state index in [2.05, 4.69) is 20.9 Å². The zero-order chi connectivity index (χ0) is 5.86. The van der Waals surface area contributed by atoms with E-state index in [-0.39, 0.29) is 52.8 Å². The van der Waals surface area contributed by atoms with Crippen molar-refractivity contribution in [2.75, 3.05) is 0 Å². The summed E-state index contributed by atoms with van der Waals surface area (Å²) in [5.41, 5.74) is 0. The molecule has 1 atom stereocenters. The SMILES string of the molecule is O=C(OF)C(F)Br.[H-].[K+]. The molecule has 0 aromatic carbocycles. The minimum Gasteiger partial charge on any atom is -1.00 e. The fourth-order valence-electron chi connectivity index (χ4n) is 0.0337. The van der Waals surface area contributed by atoms with Gasteiger partial charge in [0.1, 0.15) is 0 Å². The van der Waals surface area contributed by atoms with Gasteiger partial charge in [-0.05, 0) is 15.9 Å². The van der Waals surface area contributed by atoms with Crippen LogP contribution in [0.4, 0.5) is 8.92 Å². The van der Waals surface area contributed by atoms with Crippen molar-refractivity contribution in [1.29, 1.82) is 0 Å². The van der Waals surface area contributed by atoms with E-state index in [1.165, 1.54) is 0 Å². The smallest absolute Gasteiger partial charge is 1.00 e. The number of carbonyl (C=O) groups is 1. The Morgan fingerprint density at radius 2 is 2.25 bits per heavy atom. The van der Waals surface area contributed by atoms with E-state index in [4.69, 9.17) is 0 Å². The van der Waals surface area contributed by atoms with Crippen LogP contribution in [0.25, 0.3) is 0 Å². The third kappa shape index (κ3) is 5.58. The topological polar surface area (TPSA) is 26.3 Å². The average molecular weight is 215 g/mol. The molecule has 2 nitrogen and oxygen atoms in total. The van der Waals surface area contributed by atoms with Crippen molar-refractivity contribution in [3.63, 3.8) is 0 Å². The molecule has 44 valence electrons. The first kappa shape index (κ1) is 12.2. The Balaban J connectivity index is -0.000000180. The minimum atomic E-state index is -2.06. The molecule has 6 heteroatoms. The van der Waals surface area contributed by atoms with Gasteiger partial charge >= 0.3 is 57.4 Å². The third-order valence-corrected chi connectivity index (χ3v) is 0.628. The molecule has 0 aliphatic heterocycles. The summed E-state index contributed by atoms with van der Waals surface area (Å²) in [6.07, 6.45) is 0. The first-order valence-electron chi connectivity index (χ1n) is 1.29. The Kier molecular flexibility index (Phi) is 9.97. The van der Waals surface area contributed by atoms with E-state index in [9.17, 15) is 13.7 Å². The van der Waals surface area contributed by atoms with Crippen LogP contribution >= 0.6 is 15.9 Å². The first-order valence-corrected chi connectivity index (χ1v) is 2.20. The van der Waals surface area contributed by atoms with E-state index in [0.717, 1.165) is 0 Å². The van der Waals surface area contributed by atoms with Crippen molar-refractivity contribution in [1.82, 2.24) is 0 Å². The Labute approximate surface area is 96.9 Å². The summed E-state index contributed by atoms with van der Waals surface area (Å²) in [5, 5.41) is -2.06. The number of hydrogen-bond acceptors (Lipinski definition) is 2. The number of rotatable bonds is 1. The largest absolute Gasteiger partial charge is 1.00 e. The van der Waals surface area contributed by atoms with Crippen LogP contribution < -0.4 is 51.4 Å². The Morgan fingerprint density at radius 1 is 1.88 bits per heavy atom. The summed E-state index contributed by atoms with van der Waals surface area (Å²) < 4.78 is 21.8. The molecular formula is C2H2BrF2KO2. The van der Waals surface area contributed by atoms with Gasteiger partial charge in [-0.15, -0.1) is 0 Å². The van der Waals surface area contributed by atoms with E-state index < -0.39 is 11.1 Å². The monoisotopic (exact) mass is 214 g/mol. The summed E-state index contributed by atoms with van der Waals surface area (Å²) in [6, 6.07) is 0. The zero-order valence-corrected chi connectivity index (χ0v) is 8.74. The molecule has 0 radical (unpaired) electrons. The van der Waals surface area contributed by atoms with Crippen LogP contribution in [0.1, 0.15) is 1.43 Å². The van der Waals surface area contributed by atoms with Gasteiger partial charge in [0.2, 0.25) is 0 Å². The Hall–Kier alpha value is 1.45. The van der Waals surface area contributed by atoms with Crippen molar-refractivity contribution < 1.29 is 71.5 Å². The third-order valence-electron chi connectivity index (χ3n) is 0.254. The Bertz CT molecular complexity index is 83.0. The van der Waals surface area contributed by atoms with Crippen LogP contribution in [0, 0.1) is 0 Å². The maximum Gasteiger partial charge on any atom is 1.00 e. The molecule has 0 saturated heterocycles. The summed E-state index contributed by atoms with van der Waals surface area (Å²) in [6.45, 7) is 0. The van der Waals surface area contributed by atoms with Gasteiger partial charge in [-0.1, -0.05) is 0 Å². The molecule has 0 heterocycles.